The van der Waals surface area contributed by atoms with Gasteiger partial charge in [-0.05, 0) is 134 Å². The molecule has 4 unspecified atom stereocenters. The van der Waals surface area contributed by atoms with E-state index in [1.54, 1.807) is 21.2 Å². The van der Waals surface area contributed by atoms with Crippen LogP contribution in [0.3, 0.4) is 0 Å². The summed E-state index contributed by atoms with van der Waals surface area (Å²) in [7, 11) is 0. The number of carbonyl (C=O) groups excluding carboxylic acids is 2. The van der Waals surface area contributed by atoms with Crippen molar-refractivity contribution in [2.24, 2.45) is 11.8 Å². The lowest BCUT2D eigenvalue weighted by molar-refractivity contribution is -0.125. The number of nitrogens with zero attached hydrogens (tertiary/aromatic N) is 2. The highest BCUT2D eigenvalue weighted by Crippen LogP contribution is 2.60. The molecule has 2 aliphatic heterocycles. The Hall–Kier alpha value is -3.56. The van der Waals surface area contributed by atoms with Gasteiger partial charge in [0.05, 0.1) is 23.2 Å². The van der Waals surface area contributed by atoms with Crippen LogP contribution in [-0.2, 0) is 22.4 Å². The summed E-state index contributed by atoms with van der Waals surface area (Å²) in [6.45, 7) is 20.0. The number of unbranched alkanes of at least 4 members (excludes halogenated alkanes) is 42. The summed E-state index contributed by atoms with van der Waals surface area (Å²) in [6, 6.07) is 19.5. The first-order valence-corrected chi connectivity index (χ1v) is 48.1. The first-order valence-electron chi connectivity index (χ1n) is 44.8. The molecule has 4 atom stereocenters. The molecule has 0 saturated carbocycles. The molecule has 7 aromatic rings. The van der Waals surface area contributed by atoms with Crippen LogP contribution in [0.1, 0.15) is 419 Å². The highest BCUT2D eigenvalue weighted by molar-refractivity contribution is 7.23. The van der Waals surface area contributed by atoms with Crippen LogP contribution in [0, 0.1) is 25.7 Å². The molecule has 8 heteroatoms. The summed E-state index contributed by atoms with van der Waals surface area (Å²) in [4.78, 5) is 42.6. The molecule has 4 nitrogen and oxygen atoms in total. The van der Waals surface area contributed by atoms with Crippen molar-refractivity contribution in [3.05, 3.63) is 79.9 Å². The van der Waals surface area contributed by atoms with Crippen LogP contribution in [0.2, 0.25) is 0 Å². The zero-order valence-electron chi connectivity index (χ0n) is 67.9. The molecule has 104 heavy (non-hydrogen) atoms. The number of thiophene rings is 4. The predicted molar refractivity (Wildman–Crippen MR) is 468 cm³/mol. The van der Waals surface area contributed by atoms with Gasteiger partial charge in [-0.25, -0.2) is 0 Å². The van der Waals surface area contributed by atoms with E-state index in [4.69, 9.17) is 0 Å². The fraction of sp³-hybridized carbons (Fsp3) is 0.708. The number of benzene rings is 3. The third-order valence-electron chi connectivity index (χ3n) is 24.4. The predicted octanol–water partition coefficient (Wildman–Crippen LogP) is 33.1. The minimum absolute atomic E-state index is 0.187. The van der Waals surface area contributed by atoms with Crippen molar-refractivity contribution in [1.29, 1.82) is 0 Å². The van der Waals surface area contributed by atoms with Crippen molar-refractivity contribution in [3.8, 4) is 10.4 Å². The number of hydrogen-bond acceptors (Lipinski definition) is 6. The first-order chi connectivity index (χ1) is 51.1. The Morgan fingerprint density at radius 2 is 0.644 bits per heavy atom. The number of carbonyl (C=O) groups is 2. The van der Waals surface area contributed by atoms with E-state index in [0.29, 0.717) is 11.8 Å². The van der Waals surface area contributed by atoms with Gasteiger partial charge in [-0.3, -0.25) is 9.59 Å². The molecule has 578 valence electrons. The Morgan fingerprint density at radius 3 is 1.02 bits per heavy atom. The van der Waals surface area contributed by atoms with E-state index in [2.05, 4.69) is 136 Å². The monoisotopic (exact) mass is 1490 g/mol. The molecule has 3 aromatic carbocycles. The van der Waals surface area contributed by atoms with Gasteiger partial charge in [-0.1, -0.05) is 361 Å². The minimum Gasteiger partial charge on any atom is -0.310 e. The molecule has 0 spiro atoms. The normalized spacial score (nSPS) is 15.3. The second-order valence-corrected chi connectivity index (χ2v) is 37.8. The van der Waals surface area contributed by atoms with Crippen molar-refractivity contribution in [2.45, 2.75) is 414 Å². The number of fused-ring (bicyclic) bond motifs is 8. The molecule has 0 saturated heterocycles. The summed E-state index contributed by atoms with van der Waals surface area (Å²) in [6.07, 6.45) is 70.7. The lowest BCUT2D eigenvalue weighted by Crippen LogP contribution is -2.39. The van der Waals surface area contributed by atoms with Crippen LogP contribution in [0.15, 0.2) is 48.5 Å². The van der Waals surface area contributed by atoms with E-state index in [9.17, 15) is 0 Å². The first kappa shape index (κ1) is 84.5. The van der Waals surface area contributed by atoms with Crippen LogP contribution >= 0.6 is 45.3 Å². The summed E-state index contributed by atoms with van der Waals surface area (Å²) in [5.74, 6) is 0.161. The molecule has 6 heterocycles. The average Bonchev–Trinajstić information content (AvgIpc) is 1.54. The Bertz CT molecular complexity index is 3500. The molecule has 2 aliphatic rings. The number of aryl methyl sites for hydroxylation is 4. The van der Waals surface area contributed by atoms with Gasteiger partial charge in [0.15, 0.2) is 0 Å². The van der Waals surface area contributed by atoms with Crippen LogP contribution in [0.5, 0.6) is 0 Å². The van der Waals surface area contributed by atoms with E-state index in [1.165, 1.54) is 385 Å². The zero-order chi connectivity index (χ0) is 73.1. The van der Waals surface area contributed by atoms with Gasteiger partial charge in [-0.2, -0.15) is 0 Å². The zero-order valence-corrected chi connectivity index (χ0v) is 71.1. The molecule has 0 bridgehead atoms. The van der Waals surface area contributed by atoms with Crippen molar-refractivity contribution in [2.75, 3.05) is 22.9 Å². The lowest BCUT2D eigenvalue weighted by Gasteiger charge is -2.27. The molecule has 9 rings (SSSR count). The average molecular weight is 1490 g/mol. The van der Waals surface area contributed by atoms with Gasteiger partial charge in [0, 0.05) is 62.2 Å². The molecule has 0 aliphatic carbocycles. The summed E-state index contributed by atoms with van der Waals surface area (Å²) in [5.41, 5.74) is 8.04. The molecular weight excluding hydrogens is 1340 g/mol. The van der Waals surface area contributed by atoms with Crippen LogP contribution < -0.4 is 9.80 Å². The van der Waals surface area contributed by atoms with Crippen molar-refractivity contribution < 1.29 is 9.59 Å². The standard InChI is InChI=1S/C96H148N2O2S4/c1-9-15-21-27-33-37-39-43-49-55-61-78-82-68-74(8)101-91(82)79(62-56-50-44-40-38-34-28-22-16-10-2)83-70-84(102-92(78)83)77-64-66-81-86(69-77)104-94-88(96(100)98(90(81)94)72-76(58-52-46-32-26-20-14-6)60-54-48-42-36-30-24-18-12-4)87-93-89(80-65-63-73(7)67-85(80)103-93)97(95(87)99)71-75(57-51-45-31-25-19-13-5)59-53-47-41-35-29-23-17-11-3/h63-70,75-76,87-88H,9-62,71-72H2,1-8H3. The number of amides is 2. The van der Waals surface area contributed by atoms with E-state index in [0.717, 1.165) is 47.1 Å². The third kappa shape index (κ3) is 24.7. The fourth-order valence-corrected chi connectivity index (χ4v) is 23.4. The summed E-state index contributed by atoms with van der Waals surface area (Å²) < 4.78 is 5.63. The second kappa shape index (κ2) is 47.5. The van der Waals surface area contributed by atoms with Crippen LogP contribution in [0.25, 0.3) is 50.8 Å². The Kier molecular flexibility index (Phi) is 38.6. The topological polar surface area (TPSA) is 40.6 Å². The number of hydrogen-bond donors (Lipinski definition) is 0. The van der Waals surface area contributed by atoms with Gasteiger partial charge < -0.3 is 9.80 Å². The SMILES string of the molecule is CCCCCCCCCCCCc1c2cc(-c3ccc4c5c(sc4c3)C(C3C(=O)N(CC(CCCCCCCC)CCCCCCCCCC)c4c3sc3cc(C)ccc43)C(=O)N5CC(CCCCCCCC)CCCCCCCCCC)sc2c(CCCCCCCCCCCC)c2cc(C)sc12. The number of anilines is 2. The molecule has 4 aromatic heterocycles. The van der Waals surface area contributed by atoms with Gasteiger partial charge in [0.25, 0.3) is 0 Å². The quantitative estimate of drug-likeness (QED) is 0.0357. The summed E-state index contributed by atoms with van der Waals surface area (Å²) >= 11 is 7.83. The Balaban J connectivity index is 1.08. The highest BCUT2D eigenvalue weighted by Gasteiger charge is 2.54. The third-order valence-corrected chi connectivity index (χ3v) is 29.2. The molecule has 0 fully saturated rings. The Morgan fingerprint density at radius 1 is 0.327 bits per heavy atom. The van der Waals surface area contributed by atoms with E-state index >= 15 is 9.59 Å². The van der Waals surface area contributed by atoms with Crippen molar-refractivity contribution in [3.63, 3.8) is 0 Å². The fourth-order valence-electron chi connectivity index (χ4n) is 18.2. The molecular formula is C96H148N2O2S4. The maximum absolute atomic E-state index is 16.5. The summed E-state index contributed by atoms with van der Waals surface area (Å²) in [5, 5.41) is 5.48. The smallest absolute Gasteiger partial charge is 0.236 e. The van der Waals surface area contributed by atoms with Gasteiger partial charge in [0.2, 0.25) is 11.8 Å². The molecule has 2 amide bonds. The van der Waals surface area contributed by atoms with E-state index < -0.39 is 11.8 Å². The maximum Gasteiger partial charge on any atom is 0.236 e. The number of rotatable bonds is 60. The maximum atomic E-state index is 16.5. The highest BCUT2D eigenvalue weighted by atomic mass is 32.1. The lowest BCUT2D eigenvalue weighted by atomic mass is 9.90. The molecule has 0 N–H and O–H groups in total. The van der Waals surface area contributed by atoms with Crippen molar-refractivity contribution >= 4 is 109 Å². The molecule has 0 radical (unpaired) electrons. The van der Waals surface area contributed by atoms with Gasteiger partial charge in [-0.15, -0.1) is 45.3 Å². The Labute approximate surface area is 652 Å². The van der Waals surface area contributed by atoms with Gasteiger partial charge >= 0.3 is 0 Å². The van der Waals surface area contributed by atoms with E-state index in [-0.39, 0.29) is 11.8 Å². The van der Waals surface area contributed by atoms with Gasteiger partial charge in [0.1, 0.15) is 0 Å². The van der Waals surface area contributed by atoms with Crippen LogP contribution in [-0.4, -0.2) is 24.9 Å². The second-order valence-electron chi connectivity index (χ2n) is 33.3. The van der Waals surface area contributed by atoms with E-state index in [1.807, 2.05) is 22.7 Å². The van der Waals surface area contributed by atoms with Crippen LogP contribution in [0.4, 0.5) is 11.4 Å². The van der Waals surface area contributed by atoms with Crippen molar-refractivity contribution in [1.82, 2.24) is 0 Å². The minimum atomic E-state index is -0.541. The largest absolute Gasteiger partial charge is 0.310 e.